The highest BCUT2D eigenvalue weighted by molar-refractivity contribution is 5.87. The molecule has 32 heavy (non-hydrogen) atoms. The molecule has 1 saturated heterocycles. The molecule has 0 amide bonds. The second-order valence-electron chi connectivity index (χ2n) is 8.07. The van der Waals surface area contributed by atoms with E-state index in [1.54, 1.807) is 13.0 Å². The quantitative estimate of drug-likeness (QED) is 0.557. The molecule has 7 nitrogen and oxygen atoms in total. The molecule has 3 heterocycles. The Labute approximate surface area is 183 Å². The van der Waals surface area contributed by atoms with Crippen LogP contribution in [-0.4, -0.2) is 46.7 Å². The predicted molar refractivity (Wildman–Crippen MR) is 115 cm³/mol. The number of hydrogen-bond donors (Lipinski definition) is 2. The number of hydrogen-bond acceptors (Lipinski definition) is 6. The molecule has 0 spiro atoms. The minimum atomic E-state index is -4.76. The summed E-state index contributed by atoms with van der Waals surface area (Å²) in [5.74, 6) is 0.745. The van der Waals surface area contributed by atoms with Gasteiger partial charge in [0.15, 0.2) is 5.78 Å². The van der Waals surface area contributed by atoms with Gasteiger partial charge in [0, 0.05) is 37.5 Å². The van der Waals surface area contributed by atoms with E-state index in [0.29, 0.717) is 17.7 Å². The van der Waals surface area contributed by atoms with E-state index in [4.69, 9.17) is 0 Å². The van der Waals surface area contributed by atoms with E-state index in [2.05, 4.69) is 29.9 Å². The Hall–Kier alpha value is -3.30. The van der Waals surface area contributed by atoms with Gasteiger partial charge in [-0.3, -0.25) is 4.79 Å². The van der Waals surface area contributed by atoms with Crippen LogP contribution in [0.25, 0.3) is 11.0 Å². The summed E-state index contributed by atoms with van der Waals surface area (Å²) in [5, 5.41) is 3.89. The van der Waals surface area contributed by atoms with Crippen molar-refractivity contribution in [2.24, 2.45) is 5.92 Å². The number of piperidine rings is 1. The molecule has 0 radical (unpaired) electrons. The smallest absolute Gasteiger partial charge is 0.406 e. The number of aromatic nitrogens is 3. The van der Waals surface area contributed by atoms with Crippen molar-refractivity contribution in [3.05, 3.63) is 42.4 Å². The number of H-pyrrole nitrogens is 1. The lowest BCUT2D eigenvalue weighted by Gasteiger charge is -2.33. The number of Topliss-reactive ketones (excluding diaryl/α,β-unsaturated/α-hetero) is 1. The van der Waals surface area contributed by atoms with Crippen molar-refractivity contribution in [1.29, 1.82) is 0 Å². The summed E-state index contributed by atoms with van der Waals surface area (Å²) < 4.78 is 41.5. The molecule has 3 aromatic rings. The standard InChI is InChI=1S/C22H24F3N5O2/c1-14-7-16(10-18(8-14)32-22(23,24)25)27-11-17(31)9-15-3-2-6-30(12-15)21-19-4-5-26-20(19)28-13-29-21/h4-5,7-8,10,13,15,27H,2-3,6,9,11-12H2,1H3,(H,26,28,29)/t15-/m0/s1. The number of fused-ring (bicyclic) bond motifs is 1. The van der Waals surface area contributed by atoms with E-state index >= 15 is 0 Å². The highest BCUT2D eigenvalue weighted by Crippen LogP contribution is 2.29. The largest absolute Gasteiger partial charge is 0.573 e. The van der Waals surface area contributed by atoms with Gasteiger partial charge in [-0.1, -0.05) is 0 Å². The number of alkyl halides is 3. The Bertz CT molecular complexity index is 1100. The molecule has 170 valence electrons. The highest BCUT2D eigenvalue weighted by atomic mass is 19.4. The number of carbonyl (C=O) groups excluding carboxylic acids is 1. The maximum Gasteiger partial charge on any atom is 0.573 e. The zero-order chi connectivity index (χ0) is 22.7. The van der Waals surface area contributed by atoms with Crippen molar-refractivity contribution >= 4 is 28.3 Å². The number of rotatable bonds is 7. The van der Waals surface area contributed by atoms with Crippen molar-refractivity contribution < 1.29 is 22.7 Å². The van der Waals surface area contributed by atoms with Crippen LogP contribution < -0.4 is 15.0 Å². The summed E-state index contributed by atoms with van der Waals surface area (Å²) >= 11 is 0. The first kappa shape index (κ1) is 21.9. The topological polar surface area (TPSA) is 83.1 Å². The van der Waals surface area contributed by atoms with E-state index in [1.165, 1.54) is 18.5 Å². The van der Waals surface area contributed by atoms with E-state index in [9.17, 15) is 18.0 Å². The molecular formula is C22H24F3N5O2. The van der Waals surface area contributed by atoms with Crippen LogP contribution in [-0.2, 0) is 4.79 Å². The predicted octanol–water partition coefficient (Wildman–Crippen LogP) is 4.45. The molecule has 0 bridgehead atoms. The highest BCUT2D eigenvalue weighted by Gasteiger charge is 2.31. The number of anilines is 2. The van der Waals surface area contributed by atoms with Crippen LogP contribution in [0.3, 0.4) is 0 Å². The van der Waals surface area contributed by atoms with Gasteiger partial charge < -0.3 is 19.9 Å². The van der Waals surface area contributed by atoms with Crippen molar-refractivity contribution in [3.63, 3.8) is 0 Å². The Morgan fingerprint density at radius 3 is 2.97 bits per heavy atom. The average Bonchev–Trinajstić information content (AvgIpc) is 3.20. The van der Waals surface area contributed by atoms with Crippen LogP contribution in [0, 0.1) is 12.8 Å². The molecule has 1 aromatic carbocycles. The van der Waals surface area contributed by atoms with Crippen molar-refractivity contribution in [2.45, 2.75) is 32.5 Å². The fourth-order valence-electron chi connectivity index (χ4n) is 4.17. The molecule has 2 N–H and O–H groups in total. The maximum absolute atomic E-state index is 12.6. The Morgan fingerprint density at radius 1 is 1.31 bits per heavy atom. The van der Waals surface area contributed by atoms with Crippen molar-refractivity contribution in [1.82, 2.24) is 15.0 Å². The number of halogens is 3. The maximum atomic E-state index is 12.6. The Morgan fingerprint density at radius 2 is 2.16 bits per heavy atom. The summed E-state index contributed by atoms with van der Waals surface area (Å²) in [7, 11) is 0. The van der Waals surface area contributed by atoms with E-state index in [0.717, 1.165) is 42.8 Å². The third kappa shape index (κ3) is 5.49. The van der Waals surface area contributed by atoms with Gasteiger partial charge in [-0.25, -0.2) is 9.97 Å². The van der Waals surface area contributed by atoms with Gasteiger partial charge >= 0.3 is 6.36 Å². The van der Waals surface area contributed by atoms with Crippen molar-refractivity contribution in [2.75, 3.05) is 29.9 Å². The number of aryl methyl sites for hydroxylation is 1. The van der Waals surface area contributed by atoms with Crippen LogP contribution >= 0.6 is 0 Å². The second kappa shape index (κ2) is 9.05. The first-order chi connectivity index (χ1) is 15.3. The molecular weight excluding hydrogens is 423 g/mol. The van der Waals surface area contributed by atoms with Crippen LogP contribution in [0.4, 0.5) is 24.7 Å². The molecule has 1 fully saturated rings. The molecule has 10 heteroatoms. The Balaban J connectivity index is 1.34. The molecule has 1 aliphatic heterocycles. The lowest BCUT2D eigenvalue weighted by molar-refractivity contribution is -0.274. The van der Waals surface area contributed by atoms with Crippen LogP contribution in [0.1, 0.15) is 24.8 Å². The number of carbonyl (C=O) groups is 1. The molecule has 0 aliphatic carbocycles. The Kier molecular flexibility index (Phi) is 6.20. The van der Waals surface area contributed by atoms with E-state index in [-0.39, 0.29) is 24.0 Å². The van der Waals surface area contributed by atoms with Gasteiger partial charge in [-0.05, 0) is 49.4 Å². The fourth-order valence-corrected chi connectivity index (χ4v) is 4.17. The zero-order valence-electron chi connectivity index (χ0n) is 17.6. The third-order valence-corrected chi connectivity index (χ3v) is 5.44. The van der Waals surface area contributed by atoms with Gasteiger partial charge in [0.1, 0.15) is 23.5 Å². The first-order valence-electron chi connectivity index (χ1n) is 10.4. The van der Waals surface area contributed by atoms with Gasteiger partial charge in [-0.2, -0.15) is 0 Å². The first-order valence-corrected chi connectivity index (χ1v) is 10.4. The van der Waals surface area contributed by atoms with Gasteiger partial charge in [0.25, 0.3) is 0 Å². The summed E-state index contributed by atoms with van der Waals surface area (Å²) in [4.78, 5) is 26.5. The normalized spacial score (nSPS) is 16.9. The minimum Gasteiger partial charge on any atom is -0.406 e. The lowest BCUT2D eigenvalue weighted by Crippen LogP contribution is -2.37. The number of nitrogens with one attached hydrogen (secondary N) is 2. The SMILES string of the molecule is Cc1cc(NCC(=O)C[C@@H]2CCCN(c3ncnc4[nH]ccc34)C2)cc(OC(F)(F)F)c1. The number of ether oxygens (including phenoxy) is 1. The zero-order valence-corrected chi connectivity index (χ0v) is 17.6. The van der Waals surface area contributed by atoms with Crippen LogP contribution in [0.5, 0.6) is 5.75 Å². The number of benzene rings is 1. The number of aromatic amines is 1. The third-order valence-electron chi connectivity index (χ3n) is 5.44. The number of ketones is 1. The molecule has 0 saturated carbocycles. The van der Waals surface area contributed by atoms with Gasteiger partial charge in [0.05, 0.1) is 11.9 Å². The molecule has 4 rings (SSSR count). The molecule has 0 unspecified atom stereocenters. The van der Waals surface area contributed by atoms with Gasteiger partial charge in [-0.15, -0.1) is 13.2 Å². The van der Waals surface area contributed by atoms with Crippen molar-refractivity contribution in [3.8, 4) is 5.75 Å². The molecule has 1 aliphatic rings. The van der Waals surface area contributed by atoms with E-state index in [1.807, 2.05) is 12.3 Å². The average molecular weight is 447 g/mol. The minimum absolute atomic E-state index is 0.00567. The van der Waals surface area contributed by atoms with Crippen LogP contribution in [0.15, 0.2) is 36.8 Å². The summed E-state index contributed by atoms with van der Waals surface area (Å²) in [5.41, 5.74) is 1.80. The van der Waals surface area contributed by atoms with Crippen LogP contribution in [0.2, 0.25) is 0 Å². The summed E-state index contributed by atoms with van der Waals surface area (Å²) in [6, 6.07) is 6.16. The van der Waals surface area contributed by atoms with Gasteiger partial charge in [0.2, 0.25) is 0 Å². The monoisotopic (exact) mass is 447 g/mol. The summed E-state index contributed by atoms with van der Waals surface area (Å²) in [6.07, 6.45) is 0.891. The lowest BCUT2D eigenvalue weighted by atomic mass is 9.92. The summed E-state index contributed by atoms with van der Waals surface area (Å²) in [6.45, 7) is 3.30. The van der Waals surface area contributed by atoms with E-state index < -0.39 is 6.36 Å². The second-order valence-corrected chi connectivity index (χ2v) is 8.07. The number of nitrogens with zero attached hydrogens (tertiary/aromatic N) is 3. The molecule has 2 aromatic heterocycles. The fraction of sp³-hybridized carbons (Fsp3) is 0.409. The molecule has 1 atom stereocenters.